The quantitative estimate of drug-likeness (QED) is 0.838. The first-order chi connectivity index (χ1) is 7.74. The number of benzene rings is 1. The maximum absolute atomic E-state index is 11.1. The molecule has 0 bridgehead atoms. The van der Waals surface area contributed by atoms with Gasteiger partial charge in [-0.3, -0.25) is 4.79 Å². The molecule has 1 heterocycles. The van der Waals surface area contributed by atoms with Gasteiger partial charge >= 0.3 is 0 Å². The molecule has 1 amide bonds. The summed E-state index contributed by atoms with van der Waals surface area (Å²) >= 11 is 0. The van der Waals surface area contributed by atoms with Gasteiger partial charge in [-0.05, 0) is 17.3 Å². The number of carbonyl (C=O) groups is 1. The lowest BCUT2D eigenvalue weighted by Gasteiger charge is -1.99. The van der Waals surface area contributed by atoms with E-state index in [0.717, 1.165) is 0 Å². The summed E-state index contributed by atoms with van der Waals surface area (Å²) in [6, 6.07) is 5.00. The zero-order valence-corrected chi connectivity index (χ0v) is 9.70. The topological polar surface area (TPSA) is 104 Å². The van der Waals surface area contributed by atoms with Gasteiger partial charge in [0.25, 0.3) is 11.8 Å². The van der Waals surface area contributed by atoms with Crippen LogP contribution in [0.15, 0.2) is 22.7 Å². The van der Waals surface area contributed by atoms with Crippen LogP contribution >= 0.6 is 12.4 Å². The number of fused-ring (bicyclic) bond motifs is 1. The summed E-state index contributed by atoms with van der Waals surface area (Å²) in [5.41, 5.74) is 11.1. The van der Waals surface area contributed by atoms with Crippen molar-refractivity contribution in [2.45, 2.75) is 0 Å². The molecule has 0 saturated carbocycles. The predicted octanol–water partition coefficient (Wildman–Crippen LogP) is 0.686. The van der Waals surface area contributed by atoms with Crippen LogP contribution in [-0.2, 0) is 0 Å². The van der Waals surface area contributed by atoms with Crippen molar-refractivity contribution in [3.63, 3.8) is 0 Å². The number of hydrogen-bond acceptors (Lipinski definition) is 5. The van der Waals surface area contributed by atoms with Crippen LogP contribution in [0.4, 0.5) is 0 Å². The Hall–Kier alpha value is -1.79. The number of nitrogens with two attached hydrogens (primary N) is 2. The van der Waals surface area contributed by atoms with E-state index >= 15 is 0 Å². The normalized spacial score (nSPS) is 9.94. The van der Waals surface area contributed by atoms with Gasteiger partial charge in [-0.2, -0.15) is 0 Å². The molecule has 0 fully saturated rings. The van der Waals surface area contributed by atoms with Crippen LogP contribution < -0.4 is 16.2 Å². The lowest BCUT2D eigenvalue weighted by molar-refractivity contribution is 0.100. The van der Waals surface area contributed by atoms with Gasteiger partial charge in [0, 0.05) is 6.54 Å². The smallest absolute Gasteiger partial charge is 0.262 e. The largest absolute Gasteiger partial charge is 0.474 e. The van der Waals surface area contributed by atoms with Gasteiger partial charge in [0.15, 0.2) is 5.58 Å². The average Bonchev–Trinajstić information content (AvgIpc) is 2.69. The summed E-state index contributed by atoms with van der Waals surface area (Å²) < 4.78 is 10.3. The van der Waals surface area contributed by atoms with Gasteiger partial charge in [0.05, 0.1) is 10.9 Å². The highest BCUT2D eigenvalue weighted by Crippen LogP contribution is 2.27. The number of ether oxygens (including phenoxy) is 1. The standard InChI is InChI=1S/C10H11N3O3.ClH/c11-4-5-15-10-7-3-1-2-6(9(12)14)8(7)16-13-10;/h1-3H,4-5,11H2,(H2,12,14);1H. The van der Waals surface area contributed by atoms with E-state index in [1.54, 1.807) is 18.2 Å². The molecule has 1 aromatic carbocycles. The number of para-hydroxylation sites is 1. The van der Waals surface area contributed by atoms with Crippen molar-refractivity contribution in [2.24, 2.45) is 11.5 Å². The molecule has 0 unspecified atom stereocenters. The number of halogens is 1. The van der Waals surface area contributed by atoms with Gasteiger partial charge in [0.2, 0.25) is 0 Å². The fourth-order valence-corrected chi connectivity index (χ4v) is 1.39. The van der Waals surface area contributed by atoms with Crippen LogP contribution in [0.3, 0.4) is 0 Å². The van der Waals surface area contributed by atoms with Crippen LogP contribution in [0.1, 0.15) is 10.4 Å². The fraction of sp³-hybridized carbons (Fsp3) is 0.200. The summed E-state index contributed by atoms with van der Waals surface area (Å²) in [4.78, 5) is 11.1. The lowest BCUT2D eigenvalue weighted by Crippen LogP contribution is -2.11. The average molecular weight is 258 g/mol. The second-order valence-corrected chi connectivity index (χ2v) is 3.17. The number of amides is 1. The van der Waals surface area contributed by atoms with Crippen molar-refractivity contribution in [1.82, 2.24) is 5.16 Å². The van der Waals surface area contributed by atoms with E-state index in [0.29, 0.717) is 30.0 Å². The third-order valence-electron chi connectivity index (χ3n) is 2.09. The van der Waals surface area contributed by atoms with E-state index < -0.39 is 5.91 Å². The number of rotatable bonds is 4. The minimum Gasteiger partial charge on any atom is -0.474 e. The zero-order chi connectivity index (χ0) is 11.5. The second kappa shape index (κ2) is 5.51. The van der Waals surface area contributed by atoms with E-state index in [2.05, 4.69) is 5.16 Å². The van der Waals surface area contributed by atoms with Crippen molar-refractivity contribution >= 4 is 29.3 Å². The Morgan fingerprint density at radius 1 is 1.47 bits per heavy atom. The van der Waals surface area contributed by atoms with E-state index in [4.69, 9.17) is 20.7 Å². The van der Waals surface area contributed by atoms with E-state index in [1.807, 2.05) is 0 Å². The van der Waals surface area contributed by atoms with Crippen LogP contribution in [0.2, 0.25) is 0 Å². The SMILES string of the molecule is Cl.NCCOc1noc2c(C(N)=O)cccc12. The van der Waals surface area contributed by atoms with Crippen LogP contribution in [0.25, 0.3) is 11.0 Å². The number of nitrogens with zero attached hydrogens (tertiary/aromatic N) is 1. The van der Waals surface area contributed by atoms with E-state index in [1.165, 1.54) is 0 Å². The summed E-state index contributed by atoms with van der Waals surface area (Å²) in [5, 5.41) is 4.33. The molecular weight excluding hydrogens is 246 g/mol. The van der Waals surface area contributed by atoms with Crippen molar-refractivity contribution in [3.8, 4) is 5.88 Å². The van der Waals surface area contributed by atoms with Gasteiger partial charge in [-0.1, -0.05) is 6.07 Å². The number of carbonyl (C=O) groups excluding carboxylic acids is 1. The van der Waals surface area contributed by atoms with Crippen molar-refractivity contribution in [2.75, 3.05) is 13.2 Å². The Balaban J connectivity index is 0.00000144. The van der Waals surface area contributed by atoms with Crippen molar-refractivity contribution in [3.05, 3.63) is 23.8 Å². The summed E-state index contributed by atoms with van der Waals surface area (Å²) in [5.74, 6) is -0.240. The Kier molecular flexibility index (Phi) is 4.30. The van der Waals surface area contributed by atoms with Crippen LogP contribution in [0.5, 0.6) is 5.88 Å². The second-order valence-electron chi connectivity index (χ2n) is 3.17. The molecule has 2 aromatic rings. The van der Waals surface area contributed by atoms with Gasteiger partial charge < -0.3 is 20.7 Å². The van der Waals surface area contributed by atoms with Gasteiger partial charge in [-0.25, -0.2) is 0 Å². The van der Waals surface area contributed by atoms with Crippen molar-refractivity contribution in [1.29, 1.82) is 0 Å². The Morgan fingerprint density at radius 2 is 2.24 bits per heavy atom. The monoisotopic (exact) mass is 257 g/mol. The highest BCUT2D eigenvalue weighted by molar-refractivity contribution is 6.04. The molecule has 0 saturated heterocycles. The molecule has 2 rings (SSSR count). The third kappa shape index (κ3) is 2.48. The molecule has 0 atom stereocenters. The van der Waals surface area contributed by atoms with E-state index in [9.17, 15) is 4.79 Å². The maximum atomic E-state index is 11.1. The maximum Gasteiger partial charge on any atom is 0.262 e. The third-order valence-corrected chi connectivity index (χ3v) is 2.09. The number of primary amides is 1. The van der Waals surface area contributed by atoms with Gasteiger partial charge in [-0.15, -0.1) is 12.4 Å². The molecule has 92 valence electrons. The number of aromatic nitrogens is 1. The molecule has 0 aliphatic rings. The minimum absolute atomic E-state index is 0. The van der Waals surface area contributed by atoms with Crippen molar-refractivity contribution < 1.29 is 14.1 Å². The molecule has 1 aromatic heterocycles. The first-order valence-corrected chi connectivity index (χ1v) is 4.75. The molecule has 7 heteroatoms. The predicted molar refractivity (Wildman–Crippen MR) is 64.3 cm³/mol. The first kappa shape index (κ1) is 13.3. The molecular formula is C10H12ClN3O3. The highest BCUT2D eigenvalue weighted by Gasteiger charge is 2.15. The molecule has 0 aliphatic carbocycles. The van der Waals surface area contributed by atoms with Crippen LogP contribution in [0, 0.1) is 0 Å². The van der Waals surface area contributed by atoms with Gasteiger partial charge in [0.1, 0.15) is 6.61 Å². The summed E-state index contributed by atoms with van der Waals surface area (Å²) in [7, 11) is 0. The Morgan fingerprint density at radius 3 is 2.88 bits per heavy atom. The molecule has 0 radical (unpaired) electrons. The lowest BCUT2D eigenvalue weighted by atomic mass is 10.1. The van der Waals surface area contributed by atoms with Crippen LogP contribution in [-0.4, -0.2) is 24.2 Å². The Bertz CT molecular complexity index is 526. The Labute approximate surface area is 103 Å². The highest BCUT2D eigenvalue weighted by atomic mass is 35.5. The molecule has 17 heavy (non-hydrogen) atoms. The zero-order valence-electron chi connectivity index (χ0n) is 8.88. The summed E-state index contributed by atoms with van der Waals surface area (Å²) in [6.45, 7) is 0.715. The molecule has 6 nitrogen and oxygen atoms in total. The van der Waals surface area contributed by atoms with E-state index in [-0.39, 0.29) is 18.0 Å². The molecule has 4 N–H and O–H groups in total. The fourth-order valence-electron chi connectivity index (χ4n) is 1.39. The molecule has 0 aliphatic heterocycles. The summed E-state index contributed by atoms with van der Waals surface area (Å²) in [6.07, 6.45) is 0. The minimum atomic E-state index is -0.563. The number of hydrogen-bond donors (Lipinski definition) is 2. The molecule has 0 spiro atoms. The first-order valence-electron chi connectivity index (χ1n) is 4.75.